The average molecular weight is 338 g/mol. The molecule has 0 atom stereocenters. The van der Waals surface area contributed by atoms with Crippen molar-refractivity contribution >= 4 is 6.08 Å². The van der Waals surface area contributed by atoms with Crippen LogP contribution in [0.2, 0.25) is 0 Å². The van der Waals surface area contributed by atoms with Gasteiger partial charge >= 0.3 is 6.18 Å². The van der Waals surface area contributed by atoms with Crippen LogP contribution >= 0.6 is 0 Å². The molecule has 2 aromatic carbocycles. The van der Waals surface area contributed by atoms with Gasteiger partial charge in [-0.3, -0.25) is 0 Å². The van der Waals surface area contributed by atoms with Crippen LogP contribution in [0.1, 0.15) is 16.7 Å². The minimum absolute atomic E-state index is 0.396. The van der Waals surface area contributed by atoms with E-state index in [0.717, 1.165) is 23.4 Å². The number of hydrogen-bond donors (Lipinski definition) is 0. The second-order valence-corrected chi connectivity index (χ2v) is 5.48. The van der Waals surface area contributed by atoms with Crippen LogP contribution in [0.15, 0.2) is 67.5 Å². The molecular weight excluding hydrogens is 325 g/mol. The normalized spacial score (nSPS) is 11.1. The van der Waals surface area contributed by atoms with Gasteiger partial charge in [-0.25, -0.2) is 0 Å². The van der Waals surface area contributed by atoms with Gasteiger partial charge in [-0.15, -0.1) is 0 Å². The Morgan fingerprint density at radius 3 is 2.12 bits per heavy atom. The summed E-state index contributed by atoms with van der Waals surface area (Å²) in [5.74, 6) is 0. The molecule has 0 bridgehead atoms. The predicted molar refractivity (Wildman–Crippen MR) is 91.0 cm³/mol. The summed E-state index contributed by atoms with van der Waals surface area (Å²) in [6.45, 7) is 3.70. The number of aromatic nitrogens is 1. The van der Waals surface area contributed by atoms with Gasteiger partial charge in [-0.1, -0.05) is 36.9 Å². The van der Waals surface area contributed by atoms with Gasteiger partial charge in [0.25, 0.3) is 0 Å². The van der Waals surface area contributed by atoms with Crippen LogP contribution < -0.4 is 0 Å². The fourth-order valence-corrected chi connectivity index (χ4v) is 2.54. The fourth-order valence-electron chi connectivity index (χ4n) is 2.54. The number of halogens is 3. The lowest BCUT2D eigenvalue weighted by atomic mass is 10.0. The lowest BCUT2D eigenvalue weighted by Gasteiger charge is -2.07. The molecule has 0 saturated carbocycles. The Hall–Kier alpha value is -3.26. The van der Waals surface area contributed by atoms with Crippen molar-refractivity contribution in [2.24, 2.45) is 0 Å². The highest BCUT2D eigenvalue weighted by atomic mass is 19.4. The van der Waals surface area contributed by atoms with E-state index < -0.39 is 11.7 Å². The molecule has 0 fully saturated rings. The first kappa shape index (κ1) is 16.6. The first-order valence-corrected chi connectivity index (χ1v) is 7.45. The second kappa shape index (κ2) is 6.33. The van der Waals surface area contributed by atoms with E-state index in [4.69, 9.17) is 0 Å². The molecule has 0 aliphatic rings. The van der Waals surface area contributed by atoms with Crippen LogP contribution in [0.25, 0.3) is 22.9 Å². The molecule has 0 amide bonds. The van der Waals surface area contributed by atoms with Crippen LogP contribution in [0, 0.1) is 11.3 Å². The van der Waals surface area contributed by atoms with Crippen LogP contribution in [0.4, 0.5) is 13.2 Å². The third-order valence-electron chi connectivity index (χ3n) is 3.90. The van der Waals surface area contributed by atoms with Crippen molar-refractivity contribution in [3.8, 4) is 22.9 Å². The maximum Gasteiger partial charge on any atom is 0.416 e. The molecule has 0 saturated heterocycles. The zero-order valence-electron chi connectivity index (χ0n) is 13.1. The minimum Gasteiger partial charge on any atom is -0.322 e. The molecule has 25 heavy (non-hydrogen) atoms. The van der Waals surface area contributed by atoms with Gasteiger partial charge in [0.1, 0.15) is 6.07 Å². The van der Waals surface area contributed by atoms with E-state index in [1.165, 1.54) is 12.1 Å². The number of nitrogens with zero attached hydrogens (tertiary/aromatic N) is 2. The van der Waals surface area contributed by atoms with E-state index >= 15 is 0 Å². The number of rotatable bonds is 3. The Kier molecular flexibility index (Phi) is 4.20. The van der Waals surface area contributed by atoms with E-state index in [9.17, 15) is 18.4 Å². The summed E-state index contributed by atoms with van der Waals surface area (Å²) >= 11 is 0. The van der Waals surface area contributed by atoms with E-state index in [0.29, 0.717) is 16.7 Å². The summed E-state index contributed by atoms with van der Waals surface area (Å²) in [4.78, 5) is 0. The van der Waals surface area contributed by atoms with Gasteiger partial charge in [-0.05, 0) is 35.4 Å². The molecule has 0 spiro atoms. The van der Waals surface area contributed by atoms with Crippen molar-refractivity contribution in [3.05, 3.63) is 84.2 Å². The van der Waals surface area contributed by atoms with Crippen LogP contribution in [-0.2, 0) is 6.18 Å². The molecule has 1 aromatic heterocycles. The predicted octanol–water partition coefficient (Wildman–Crippen LogP) is 5.68. The molecule has 0 radical (unpaired) electrons. The summed E-state index contributed by atoms with van der Waals surface area (Å²) < 4.78 is 39.9. The van der Waals surface area contributed by atoms with E-state index in [1.807, 2.05) is 24.3 Å². The van der Waals surface area contributed by atoms with Crippen molar-refractivity contribution in [1.82, 2.24) is 4.57 Å². The zero-order valence-corrected chi connectivity index (χ0v) is 13.1. The first-order valence-electron chi connectivity index (χ1n) is 7.45. The van der Waals surface area contributed by atoms with E-state index in [-0.39, 0.29) is 0 Å². The summed E-state index contributed by atoms with van der Waals surface area (Å²) in [6.07, 6.45) is 0.753. The molecule has 3 rings (SSSR count). The van der Waals surface area contributed by atoms with Crippen molar-refractivity contribution in [1.29, 1.82) is 5.26 Å². The number of alkyl halides is 3. The summed E-state index contributed by atoms with van der Waals surface area (Å²) in [6, 6.07) is 14.4. The quantitative estimate of drug-likeness (QED) is 0.604. The maximum atomic E-state index is 12.7. The highest BCUT2D eigenvalue weighted by Crippen LogP contribution is 2.32. The Balaban J connectivity index is 2.01. The smallest absolute Gasteiger partial charge is 0.322 e. The average Bonchev–Trinajstić information content (AvgIpc) is 3.05. The zero-order chi connectivity index (χ0) is 18.0. The topological polar surface area (TPSA) is 28.7 Å². The van der Waals surface area contributed by atoms with Gasteiger partial charge in [0.2, 0.25) is 0 Å². The monoisotopic (exact) mass is 338 g/mol. The molecular formula is C20H13F3N2. The van der Waals surface area contributed by atoms with Gasteiger partial charge in [-0.2, -0.15) is 18.4 Å². The van der Waals surface area contributed by atoms with Gasteiger partial charge in [0, 0.05) is 23.6 Å². The molecule has 1 heterocycles. The Bertz CT molecular complexity index is 941. The second-order valence-electron chi connectivity index (χ2n) is 5.48. The van der Waals surface area contributed by atoms with E-state index in [1.54, 1.807) is 23.0 Å². The Morgan fingerprint density at radius 2 is 1.60 bits per heavy atom. The molecule has 0 unspecified atom stereocenters. The third kappa shape index (κ3) is 3.33. The minimum atomic E-state index is -4.38. The van der Waals surface area contributed by atoms with Crippen LogP contribution in [0.3, 0.4) is 0 Å². The maximum absolute atomic E-state index is 12.7. The Labute approximate surface area is 143 Å². The Morgan fingerprint density at radius 1 is 0.960 bits per heavy atom. The number of nitriles is 1. The summed E-state index contributed by atoms with van der Waals surface area (Å²) in [7, 11) is 0. The summed E-state index contributed by atoms with van der Waals surface area (Å²) in [5, 5.41) is 9.35. The van der Waals surface area contributed by atoms with Crippen molar-refractivity contribution < 1.29 is 13.2 Å². The largest absolute Gasteiger partial charge is 0.416 e. The lowest BCUT2D eigenvalue weighted by Crippen LogP contribution is -2.03. The van der Waals surface area contributed by atoms with Crippen molar-refractivity contribution in [2.45, 2.75) is 6.18 Å². The molecule has 2 nitrogen and oxygen atoms in total. The third-order valence-corrected chi connectivity index (χ3v) is 3.90. The van der Waals surface area contributed by atoms with Gasteiger partial charge < -0.3 is 4.57 Å². The van der Waals surface area contributed by atoms with Crippen molar-refractivity contribution in [2.75, 3.05) is 0 Å². The van der Waals surface area contributed by atoms with Crippen molar-refractivity contribution in [3.63, 3.8) is 0 Å². The highest BCUT2D eigenvalue weighted by Gasteiger charge is 2.30. The number of hydrogen-bond acceptors (Lipinski definition) is 1. The van der Waals surface area contributed by atoms with Crippen LogP contribution in [-0.4, -0.2) is 4.57 Å². The fraction of sp³-hybridized carbons (Fsp3) is 0.0500. The molecule has 0 N–H and O–H groups in total. The standard InChI is InChI=1S/C20H13F3N2/c1-2-14-3-9-18(10-4-14)25-12-16(11-24)19(13-25)15-5-7-17(8-6-15)20(21,22)23/h2-10,12-13H,1H2. The summed E-state index contributed by atoms with van der Waals surface area (Å²) in [5.41, 5.74) is 2.65. The highest BCUT2D eigenvalue weighted by molar-refractivity contribution is 5.71. The first-order chi connectivity index (χ1) is 11.9. The van der Waals surface area contributed by atoms with Gasteiger partial charge in [0.05, 0.1) is 11.1 Å². The SMILES string of the molecule is C=Cc1ccc(-n2cc(C#N)c(-c3ccc(C(F)(F)F)cc3)c2)cc1. The lowest BCUT2D eigenvalue weighted by molar-refractivity contribution is -0.137. The number of benzene rings is 2. The molecule has 124 valence electrons. The van der Waals surface area contributed by atoms with Crippen LogP contribution in [0.5, 0.6) is 0 Å². The van der Waals surface area contributed by atoms with E-state index in [2.05, 4.69) is 12.6 Å². The molecule has 0 aliphatic heterocycles. The molecule has 5 heteroatoms. The molecule has 0 aliphatic carbocycles. The van der Waals surface area contributed by atoms with Gasteiger partial charge in [0.15, 0.2) is 0 Å². The molecule has 3 aromatic rings.